The number of amides is 2. The third-order valence-electron chi connectivity index (χ3n) is 6.40. The highest BCUT2D eigenvalue weighted by molar-refractivity contribution is 7.94. The van der Waals surface area contributed by atoms with Crippen LogP contribution in [0.1, 0.15) is 22.3 Å². The van der Waals surface area contributed by atoms with Crippen molar-refractivity contribution in [3.8, 4) is 0 Å². The van der Waals surface area contributed by atoms with Crippen LogP contribution in [-0.4, -0.2) is 26.0 Å². The lowest BCUT2D eigenvalue weighted by molar-refractivity contribution is -0.123. The molecular weight excluding hydrogens is 460 g/mol. The van der Waals surface area contributed by atoms with Gasteiger partial charge >= 0.3 is 0 Å². The summed E-state index contributed by atoms with van der Waals surface area (Å²) >= 11 is 6.13. The van der Waals surface area contributed by atoms with Gasteiger partial charge in [0.15, 0.2) is 9.84 Å². The van der Waals surface area contributed by atoms with Crippen LogP contribution in [0.4, 0.5) is 11.4 Å². The second-order valence-corrected chi connectivity index (χ2v) is 11.0. The maximum Gasteiger partial charge on any atom is 0.274 e. The minimum Gasteiger partial charge on any atom is -0.304 e. The summed E-state index contributed by atoms with van der Waals surface area (Å²) in [6, 6.07) is 19.1. The Morgan fingerprint density at radius 1 is 0.939 bits per heavy atom. The molecule has 1 atom stereocenters. The van der Waals surface area contributed by atoms with Gasteiger partial charge in [-0.1, -0.05) is 48.0 Å². The average molecular weight is 481 g/mol. The van der Waals surface area contributed by atoms with Crippen molar-refractivity contribution in [1.82, 2.24) is 0 Å². The standard InChI is InChI=1S/C25H21ClN2O4S/c1-16-10-11-20(12-17(16)2)28-23(29)15-33(31,32)25(28)21-8-3-4-9-22(21)27(24(25)30)14-18-6-5-7-19(26)13-18/h3-13H,14-15H2,1-2H3/t25-/m1/s1. The highest BCUT2D eigenvalue weighted by atomic mass is 35.5. The molecule has 33 heavy (non-hydrogen) atoms. The zero-order valence-corrected chi connectivity index (χ0v) is 19.7. The molecule has 3 aromatic carbocycles. The van der Waals surface area contributed by atoms with Gasteiger partial charge in [0.05, 0.1) is 12.2 Å². The molecule has 168 valence electrons. The van der Waals surface area contributed by atoms with E-state index in [1.807, 2.05) is 26.0 Å². The zero-order chi connectivity index (χ0) is 23.5. The fourth-order valence-corrected chi connectivity index (χ4v) is 6.98. The Hall–Kier alpha value is -3.16. The molecule has 1 fully saturated rings. The summed E-state index contributed by atoms with van der Waals surface area (Å²) in [5, 5.41) is 0.516. The predicted octanol–water partition coefficient (Wildman–Crippen LogP) is 4.12. The molecule has 0 N–H and O–H groups in total. The van der Waals surface area contributed by atoms with Crippen LogP contribution in [0.25, 0.3) is 0 Å². The molecule has 2 aliphatic heterocycles. The Morgan fingerprint density at radius 2 is 1.70 bits per heavy atom. The van der Waals surface area contributed by atoms with Crippen LogP contribution >= 0.6 is 11.6 Å². The maximum atomic E-state index is 14.1. The molecular formula is C25H21ClN2O4S. The molecule has 0 unspecified atom stereocenters. The molecule has 2 heterocycles. The number of nitrogens with zero attached hydrogens (tertiary/aromatic N) is 2. The van der Waals surface area contributed by atoms with Gasteiger partial charge in [-0.15, -0.1) is 0 Å². The van der Waals surface area contributed by atoms with Gasteiger partial charge in [-0.3, -0.25) is 14.5 Å². The molecule has 5 rings (SSSR count). The van der Waals surface area contributed by atoms with Crippen LogP contribution in [0.5, 0.6) is 0 Å². The van der Waals surface area contributed by atoms with E-state index in [9.17, 15) is 18.0 Å². The number of sulfone groups is 1. The van der Waals surface area contributed by atoms with Crippen molar-refractivity contribution >= 4 is 44.6 Å². The van der Waals surface area contributed by atoms with E-state index < -0.39 is 32.3 Å². The third-order valence-corrected chi connectivity index (χ3v) is 8.74. The number of benzene rings is 3. The number of aryl methyl sites for hydroxylation is 2. The number of hydrogen-bond acceptors (Lipinski definition) is 4. The normalized spacial score (nSPS) is 21.2. The lowest BCUT2D eigenvalue weighted by atomic mass is 10.0. The van der Waals surface area contributed by atoms with E-state index in [2.05, 4.69) is 0 Å². The van der Waals surface area contributed by atoms with Crippen LogP contribution in [0.2, 0.25) is 5.02 Å². The summed E-state index contributed by atoms with van der Waals surface area (Å²) in [7, 11) is -4.19. The summed E-state index contributed by atoms with van der Waals surface area (Å²) < 4.78 is 27.3. The van der Waals surface area contributed by atoms with Gasteiger partial charge < -0.3 is 4.90 Å². The lowest BCUT2D eigenvalue weighted by Crippen LogP contribution is -2.54. The quantitative estimate of drug-likeness (QED) is 0.565. The monoisotopic (exact) mass is 480 g/mol. The van der Waals surface area contributed by atoms with E-state index in [1.54, 1.807) is 54.6 Å². The minimum absolute atomic E-state index is 0.128. The summed E-state index contributed by atoms with van der Waals surface area (Å²) in [6.45, 7) is 3.94. The Morgan fingerprint density at radius 3 is 2.42 bits per heavy atom. The number of rotatable bonds is 3. The molecule has 0 radical (unpaired) electrons. The minimum atomic E-state index is -4.19. The first-order valence-corrected chi connectivity index (χ1v) is 12.5. The van der Waals surface area contributed by atoms with Crippen molar-refractivity contribution in [1.29, 1.82) is 0 Å². The largest absolute Gasteiger partial charge is 0.304 e. The Kier molecular flexibility index (Phi) is 4.88. The first kappa shape index (κ1) is 21.7. The van der Waals surface area contributed by atoms with Gasteiger partial charge in [0.25, 0.3) is 10.8 Å². The first-order chi connectivity index (χ1) is 15.7. The van der Waals surface area contributed by atoms with E-state index in [0.717, 1.165) is 16.7 Å². The summed E-state index contributed by atoms with van der Waals surface area (Å²) in [4.78, 5) is 27.7. The second-order valence-electron chi connectivity index (χ2n) is 8.44. The number of carbonyl (C=O) groups excluding carboxylic acids is 2. The third kappa shape index (κ3) is 3.03. The van der Waals surface area contributed by atoms with Crippen LogP contribution in [0, 0.1) is 13.8 Å². The Balaban J connectivity index is 1.74. The van der Waals surface area contributed by atoms with E-state index in [-0.39, 0.29) is 6.54 Å². The van der Waals surface area contributed by atoms with E-state index >= 15 is 0 Å². The van der Waals surface area contributed by atoms with Gasteiger partial charge in [-0.2, -0.15) is 0 Å². The van der Waals surface area contributed by atoms with Crippen molar-refractivity contribution in [2.45, 2.75) is 25.3 Å². The van der Waals surface area contributed by atoms with Crippen LogP contribution in [0.15, 0.2) is 66.7 Å². The van der Waals surface area contributed by atoms with E-state index in [1.165, 1.54) is 9.80 Å². The fraction of sp³-hybridized carbons (Fsp3) is 0.200. The number of para-hydroxylation sites is 1. The van der Waals surface area contributed by atoms with Gasteiger partial charge in [0, 0.05) is 16.3 Å². The molecule has 0 aliphatic carbocycles. The SMILES string of the molecule is Cc1ccc(N2C(=O)CS(=O)(=O)[C@]23C(=O)N(Cc2cccc(Cl)c2)c2ccccc23)cc1C. The summed E-state index contributed by atoms with van der Waals surface area (Å²) in [5.74, 6) is -2.01. The van der Waals surface area contributed by atoms with Gasteiger partial charge in [-0.25, -0.2) is 8.42 Å². The van der Waals surface area contributed by atoms with E-state index in [0.29, 0.717) is 22.0 Å². The van der Waals surface area contributed by atoms with Crippen LogP contribution in [0.3, 0.4) is 0 Å². The Labute approximate surface area is 197 Å². The van der Waals surface area contributed by atoms with Crippen molar-refractivity contribution in [2.24, 2.45) is 0 Å². The van der Waals surface area contributed by atoms with E-state index in [4.69, 9.17) is 11.6 Å². The summed E-state index contributed by atoms with van der Waals surface area (Å²) in [6.07, 6.45) is 0. The maximum absolute atomic E-state index is 14.1. The fourth-order valence-electron chi connectivity index (χ4n) is 4.73. The van der Waals surface area contributed by atoms with Gasteiger partial charge in [0.1, 0.15) is 5.75 Å². The summed E-state index contributed by atoms with van der Waals surface area (Å²) in [5.41, 5.74) is 3.80. The van der Waals surface area contributed by atoms with Crippen LogP contribution in [-0.2, 0) is 30.8 Å². The molecule has 2 amide bonds. The van der Waals surface area contributed by atoms with Crippen molar-refractivity contribution in [3.05, 3.63) is 94.0 Å². The molecule has 1 saturated heterocycles. The van der Waals surface area contributed by atoms with Crippen molar-refractivity contribution in [2.75, 3.05) is 15.6 Å². The number of halogens is 1. The first-order valence-electron chi connectivity index (χ1n) is 10.5. The Bertz CT molecular complexity index is 1440. The van der Waals surface area contributed by atoms with Gasteiger partial charge in [0.2, 0.25) is 5.91 Å². The van der Waals surface area contributed by atoms with Crippen molar-refractivity contribution < 1.29 is 18.0 Å². The molecule has 0 saturated carbocycles. The number of hydrogen-bond donors (Lipinski definition) is 0. The van der Waals surface area contributed by atoms with Crippen molar-refractivity contribution in [3.63, 3.8) is 0 Å². The highest BCUT2D eigenvalue weighted by Crippen LogP contribution is 2.52. The predicted molar refractivity (Wildman–Crippen MR) is 128 cm³/mol. The van der Waals surface area contributed by atoms with Crippen LogP contribution < -0.4 is 9.80 Å². The molecule has 6 nitrogen and oxygen atoms in total. The average Bonchev–Trinajstić information content (AvgIpc) is 3.13. The molecule has 2 aliphatic rings. The smallest absolute Gasteiger partial charge is 0.274 e. The zero-order valence-electron chi connectivity index (χ0n) is 18.1. The molecule has 8 heteroatoms. The topological polar surface area (TPSA) is 74.8 Å². The number of carbonyl (C=O) groups is 2. The lowest BCUT2D eigenvalue weighted by Gasteiger charge is -2.33. The second kappa shape index (κ2) is 7.43. The number of anilines is 2. The molecule has 3 aromatic rings. The number of fused-ring (bicyclic) bond motifs is 2. The molecule has 1 spiro atoms. The highest BCUT2D eigenvalue weighted by Gasteiger charge is 2.69. The van der Waals surface area contributed by atoms with Gasteiger partial charge in [-0.05, 0) is 60.9 Å². The molecule has 0 bridgehead atoms. The molecule has 0 aromatic heterocycles.